The molecule has 0 radical (unpaired) electrons. The van der Waals surface area contributed by atoms with Gasteiger partial charge in [0.1, 0.15) is 0 Å². The van der Waals surface area contributed by atoms with Crippen LogP contribution in [0.1, 0.15) is 32.1 Å². The Morgan fingerprint density at radius 2 is 2.21 bits per heavy atom. The molecule has 1 atom stereocenters. The molecule has 0 saturated carbocycles. The standard InChI is InChI=1S/C14H28N2O3/c1-18-9-10-19-8-3-2-7-16-14(17)11-13-5-4-6-15-12-13/h13,15H,2-12H2,1H3,(H,16,17). The topological polar surface area (TPSA) is 59.6 Å². The van der Waals surface area contributed by atoms with Crippen molar-refractivity contribution in [1.29, 1.82) is 0 Å². The van der Waals surface area contributed by atoms with Gasteiger partial charge >= 0.3 is 0 Å². The van der Waals surface area contributed by atoms with E-state index in [1.165, 1.54) is 12.8 Å². The number of ether oxygens (including phenoxy) is 2. The molecule has 5 nitrogen and oxygen atoms in total. The molecule has 0 bridgehead atoms. The highest BCUT2D eigenvalue weighted by atomic mass is 16.5. The zero-order valence-electron chi connectivity index (χ0n) is 12.1. The van der Waals surface area contributed by atoms with Crippen molar-refractivity contribution < 1.29 is 14.3 Å². The Kier molecular flexibility index (Phi) is 9.67. The maximum Gasteiger partial charge on any atom is 0.220 e. The van der Waals surface area contributed by atoms with Gasteiger partial charge in [0.2, 0.25) is 5.91 Å². The van der Waals surface area contributed by atoms with Crippen LogP contribution >= 0.6 is 0 Å². The lowest BCUT2D eigenvalue weighted by atomic mass is 9.96. The number of rotatable bonds is 10. The summed E-state index contributed by atoms with van der Waals surface area (Å²) in [6, 6.07) is 0. The second kappa shape index (κ2) is 11.2. The summed E-state index contributed by atoms with van der Waals surface area (Å²) in [4.78, 5) is 11.7. The lowest BCUT2D eigenvalue weighted by Crippen LogP contribution is -2.34. The van der Waals surface area contributed by atoms with Crippen LogP contribution in [0.2, 0.25) is 0 Å². The molecule has 0 aromatic carbocycles. The fourth-order valence-electron chi connectivity index (χ4n) is 2.23. The largest absolute Gasteiger partial charge is 0.382 e. The Morgan fingerprint density at radius 3 is 2.95 bits per heavy atom. The van der Waals surface area contributed by atoms with E-state index in [0.717, 1.165) is 39.1 Å². The highest BCUT2D eigenvalue weighted by Gasteiger charge is 2.16. The van der Waals surface area contributed by atoms with Crippen LogP contribution in [0.25, 0.3) is 0 Å². The summed E-state index contributed by atoms with van der Waals surface area (Å²) in [5.41, 5.74) is 0. The number of methoxy groups -OCH3 is 1. The summed E-state index contributed by atoms with van der Waals surface area (Å²) in [5.74, 6) is 0.708. The van der Waals surface area contributed by atoms with Crippen LogP contribution in [0.15, 0.2) is 0 Å². The molecule has 1 saturated heterocycles. The molecule has 1 aliphatic heterocycles. The SMILES string of the molecule is COCCOCCCCNC(=O)CC1CCCNC1. The smallest absolute Gasteiger partial charge is 0.220 e. The van der Waals surface area contributed by atoms with Gasteiger partial charge < -0.3 is 20.1 Å². The first-order valence-electron chi connectivity index (χ1n) is 7.37. The van der Waals surface area contributed by atoms with E-state index in [2.05, 4.69) is 10.6 Å². The van der Waals surface area contributed by atoms with Crippen LogP contribution in [0.5, 0.6) is 0 Å². The predicted octanol–water partition coefficient (Wildman–Crippen LogP) is 0.936. The minimum atomic E-state index is 0.189. The van der Waals surface area contributed by atoms with Gasteiger partial charge in [-0.1, -0.05) is 0 Å². The molecule has 0 aromatic rings. The number of piperidine rings is 1. The van der Waals surface area contributed by atoms with Crippen molar-refractivity contribution in [2.24, 2.45) is 5.92 Å². The molecule has 0 aliphatic carbocycles. The van der Waals surface area contributed by atoms with E-state index >= 15 is 0 Å². The summed E-state index contributed by atoms with van der Waals surface area (Å²) in [6.07, 6.45) is 4.98. The highest BCUT2D eigenvalue weighted by Crippen LogP contribution is 2.13. The van der Waals surface area contributed by atoms with E-state index in [4.69, 9.17) is 9.47 Å². The van der Waals surface area contributed by atoms with Gasteiger partial charge in [-0.15, -0.1) is 0 Å². The average molecular weight is 272 g/mol. The first-order chi connectivity index (χ1) is 9.33. The normalized spacial score (nSPS) is 19.3. The molecule has 112 valence electrons. The Balaban J connectivity index is 1.87. The van der Waals surface area contributed by atoms with Crippen molar-refractivity contribution in [3.8, 4) is 0 Å². The van der Waals surface area contributed by atoms with Crippen LogP contribution in [-0.4, -0.2) is 52.5 Å². The summed E-state index contributed by atoms with van der Waals surface area (Å²) in [5, 5.41) is 6.32. The van der Waals surface area contributed by atoms with E-state index in [9.17, 15) is 4.79 Å². The number of amides is 1. The third-order valence-corrected chi connectivity index (χ3v) is 3.34. The van der Waals surface area contributed by atoms with Gasteiger partial charge in [-0.05, 0) is 44.7 Å². The maximum absolute atomic E-state index is 11.7. The molecule has 1 heterocycles. The van der Waals surface area contributed by atoms with Crippen LogP contribution < -0.4 is 10.6 Å². The maximum atomic E-state index is 11.7. The molecular formula is C14H28N2O3. The van der Waals surface area contributed by atoms with Crippen LogP contribution in [0, 0.1) is 5.92 Å². The summed E-state index contributed by atoms with van der Waals surface area (Å²) < 4.78 is 10.2. The van der Waals surface area contributed by atoms with Crippen LogP contribution in [-0.2, 0) is 14.3 Å². The van der Waals surface area contributed by atoms with Crippen molar-refractivity contribution >= 4 is 5.91 Å². The second-order valence-electron chi connectivity index (χ2n) is 5.08. The molecule has 0 aromatic heterocycles. The Hall–Kier alpha value is -0.650. The quantitative estimate of drug-likeness (QED) is 0.581. The molecule has 2 N–H and O–H groups in total. The minimum Gasteiger partial charge on any atom is -0.382 e. The molecule has 5 heteroatoms. The molecule has 0 spiro atoms. The Labute approximate surface area is 116 Å². The van der Waals surface area contributed by atoms with Gasteiger partial charge in [-0.3, -0.25) is 4.79 Å². The van der Waals surface area contributed by atoms with Crippen molar-refractivity contribution in [2.45, 2.75) is 32.1 Å². The lowest BCUT2D eigenvalue weighted by molar-refractivity contribution is -0.122. The van der Waals surface area contributed by atoms with Crippen LogP contribution in [0.4, 0.5) is 0 Å². The lowest BCUT2D eigenvalue weighted by Gasteiger charge is -2.22. The summed E-state index contributed by atoms with van der Waals surface area (Å²) >= 11 is 0. The zero-order chi connectivity index (χ0) is 13.8. The van der Waals surface area contributed by atoms with Crippen molar-refractivity contribution in [2.75, 3.05) is 46.6 Å². The fraction of sp³-hybridized carbons (Fsp3) is 0.929. The molecule has 1 amide bonds. The van der Waals surface area contributed by atoms with E-state index in [1.807, 2.05) is 0 Å². The molecule has 19 heavy (non-hydrogen) atoms. The van der Waals surface area contributed by atoms with Gasteiger partial charge in [0.15, 0.2) is 0 Å². The minimum absolute atomic E-state index is 0.189. The first kappa shape index (κ1) is 16.4. The van der Waals surface area contributed by atoms with Gasteiger partial charge in [0.25, 0.3) is 0 Å². The third kappa shape index (κ3) is 8.97. The monoisotopic (exact) mass is 272 g/mol. The molecule has 1 fully saturated rings. The first-order valence-corrected chi connectivity index (χ1v) is 7.37. The van der Waals surface area contributed by atoms with Crippen molar-refractivity contribution in [3.63, 3.8) is 0 Å². The molecular weight excluding hydrogens is 244 g/mol. The van der Waals surface area contributed by atoms with Gasteiger partial charge in [0.05, 0.1) is 13.2 Å². The van der Waals surface area contributed by atoms with E-state index in [1.54, 1.807) is 7.11 Å². The fourth-order valence-corrected chi connectivity index (χ4v) is 2.23. The van der Waals surface area contributed by atoms with E-state index in [0.29, 0.717) is 25.6 Å². The van der Waals surface area contributed by atoms with Crippen LogP contribution in [0.3, 0.4) is 0 Å². The highest BCUT2D eigenvalue weighted by molar-refractivity contribution is 5.76. The van der Waals surface area contributed by atoms with E-state index < -0.39 is 0 Å². The molecule has 1 unspecified atom stereocenters. The average Bonchev–Trinajstić information content (AvgIpc) is 2.43. The third-order valence-electron chi connectivity index (χ3n) is 3.34. The van der Waals surface area contributed by atoms with Crippen molar-refractivity contribution in [3.05, 3.63) is 0 Å². The summed E-state index contributed by atoms with van der Waals surface area (Å²) in [7, 11) is 1.67. The Morgan fingerprint density at radius 1 is 1.32 bits per heavy atom. The molecule has 1 aliphatic rings. The molecule has 1 rings (SSSR count). The predicted molar refractivity (Wildman–Crippen MR) is 75.1 cm³/mol. The van der Waals surface area contributed by atoms with Gasteiger partial charge in [-0.2, -0.15) is 0 Å². The van der Waals surface area contributed by atoms with Gasteiger partial charge in [-0.25, -0.2) is 0 Å². The number of carbonyl (C=O) groups excluding carboxylic acids is 1. The number of unbranched alkanes of at least 4 members (excludes halogenated alkanes) is 1. The zero-order valence-corrected chi connectivity index (χ0v) is 12.1. The Bertz CT molecular complexity index is 231. The van der Waals surface area contributed by atoms with Gasteiger partial charge in [0, 0.05) is 26.7 Å². The number of nitrogens with one attached hydrogen (secondary N) is 2. The van der Waals surface area contributed by atoms with E-state index in [-0.39, 0.29) is 5.91 Å². The number of hydrogen-bond acceptors (Lipinski definition) is 4. The second-order valence-corrected chi connectivity index (χ2v) is 5.08. The number of carbonyl (C=O) groups is 1. The summed E-state index contributed by atoms with van der Waals surface area (Å²) in [6.45, 7) is 4.88. The number of hydrogen-bond donors (Lipinski definition) is 2. The van der Waals surface area contributed by atoms with Crippen molar-refractivity contribution in [1.82, 2.24) is 10.6 Å².